The number of amides is 2. The van der Waals surface area contributed by atoms with Gasteiger partial charge in [-0.1, -0.05) is 49.1 Å². The molecule has 8 nitrogen and oxygen atoms in total. The third-order valence-corrected chi connectivity index (χ3v) is 8.05. The van der Waals surface area contributed by atoms with E-state index in [1.54, 1.807) is 9.80 Å². The van der Waals surface area contributed by atoms with Crippen molar-refractivity contribution in [1.82, 2.24) is 19.6 Å². The molecule has 0 N–H and O–H groups in total. The summed E-state index contributed by atoms with van der Waals surface area (Å²) in [6.07, 6.45) is 4.81. The van der Waals surface area contributed by atoms with E-state index in [4.69, 9.17) is 14.6 Å². The van der Waals surface area contributed by atoms with Gasteiger partial charge in [-0.2, -0.15) is 5.10 Å². The second-order valence-corrected chi connectivity index (χ2v) is 12.2. The van der Waals surface area contributed by atoms with Gasteiger partial charge >= 0.3 is 12.2 Å². The van der Waals surface area contributed by atoms with Crippen molar-refractivity contribution in [2.75, 3.05) is 19.6 Å². The van der Waals surface area contributed by atoms with E-state index >= 15 is 0 Å². The predicted molar refractivity (Wildman–Crippen MR) is 157 cm³/mol. The third kappa shape index (κ3) is 5.60. The van der Waals surface area contributed by atoms with Gasteiger partial charge in [0.15, 0.2) is 0 Å². The summed E-state index contributed by atoms with van der Waals surface area (Å²) in [5, 5.41) is 5.11. The third-order valence-electron chi connectivity index (χ3n) is 8.05. The SMILES string of the molecule is C=Cc1cc(C2CC2)ccc1-n1nc2c3c1CCN(C(=O)OC(C)(C)C)[C@H]3CN(C(=O)OCc1ccccc1)CC2. The summed E-state index contributed by atoms with van der Waals surface area (Å²) in [6, 6.07) is 15.8. The fraction of sp³-hybridized carbons (Fsp3) is 0.424. The Morgan fingerprint density at radius 1 is 1.05 bits per heavy atom. The lowest BCUT2D eigenvalue weighted by Gasteiger charge is -2.38. The van der Waals surface area contributed by atoms with Crippen molar-refractivity contribution in [3.05, 3.63) is 88.8 Å². The number of rotatable bonds is 5. The van der Waals surface area contributed by atoms with Crippen LogP contribution in [0.3, 0.4) is 0 Å². The van der Waals surface area contributed by atoms with Gasteiger partial charge in [0.25, 0.3) is 0 Å². The molecule has 1 aliphatic carbocycles. The van der Waals surface area contributed by atoms with E-state index < -0.39 is 11.7 Å². The van der Waals surface area contributed by atoms with Gasteiger partial charge in [0.05, 0.1) is 23.1 Å². The topological polar surface area (TPSA) is 76.9 Å². The minimum absolute atomic E-state index is 0.195. The van der Waals surface area contributed by atoms with Crippen LogP contribution in [-0.4, -0.2) is 57.0 Å². The van der Waals surface area contributed by atoms with Gasteiger partial charge in [0, 0.05) is 38.0 Å². The van der Waals surface area contributed by atoms with Crippen LogP contribution in [0.2, 0.25) is 0 Å². The molecule has 6 rings (SSSR count). The van der Waals surface area contributed by atoms with Gasteiger partial charge in [-0.15, -0.1) is 0 Å². The largest absolute Gasteiger partial charge is 0.445 e. The minimum atomic E-state index is -0.633. The molecule has 1 atom stereocenters. The Kier molecular flexibility index (Phi) is 7.09. The Bertz CT molecular complexity index is 1470. The van der Waals surface area contributed by atoms with E-state index in [0.29, 0.717) is 38.4 Å². The summed E-state index contributed by atoms with van der Waals surface area (Å²) < 4.78 is 13.5. The maximum atomic E-state index is 13.4. The first-order chi connectivity index (χ1) is 19.7. The lowest BCUT2D eigenvalue weighted by atomic mass is 9.96. The van der Waals surface area contributed by atoms with E-state index in [-0.39, 0.29) is 18.7 Å². The molecule has 2 aromatic carbocycles. The smallest absolute Gasteiger partial charge is 0.410 e. The maximum Gasteiger partial charge on any atom is 0.410 e. The molecule has 2 amide bonds. The van der Waals surface area contributed by atoms with E-state index in [9.17, 15) is 9.59 Å². The molecule has 0 unspecified atom stereocenters. The number of benzene rings is 2. The van der Waals surface area contributed by atoms with Crippen LogP contribution in [0.1, 0.15) is 79.2 Å². The van der Waals surface area contributed by atoms with Crippen molar-refractivity contribution < 1.29 is 19.1 Å². The Morgan fingerprint density at radius 2 is 1.83 bits per heavy atom. The summed E-state index contributed by atoms with van der Waals surface area (Å²) in [5.41, 5.74) is 6.69. The molecule has 0 saturated heterocycles. The Balaban J connectivity index is 1.33. The zero-order chi connectivity index (χ0) is 28.7. The Morgan fingerprint density at radius 3 is 2.54 bits per heavy atom. The quantitative estimate of drug-likeness (QED) is 0.364. The van der Waals surface area contributed by atoms with E-state index in [0.717, 1.165) is 33.8 Å². The molecule has 0 radical (unpaired) electrons. The Hall–Kier alpha value is -4.07. The first-order valence-corrected chi connectivity index (χ1v) is 14.5. The number of aromatic nitrogens is 2. The zero-order valence-corrected chi connectivity index (χ0v) is 24.1. The minimum Gasteiger partial charge on any atom is -0.445 e. The molecule has 3 heterocycles. The van der Waals surface area contributed by atoms with E-state index in [1.807, 2.05) is 61.9 Å². The summed E-state index contributed by atoms with van der Waals surface area (Å²) in [7, 11) is 0. The van der Waals surface area contributed by atoms with E-state index in [1.165, 1.54) is 18.4 Å². The Labute approximate surface area is 241 Å². The summed E-state index contributed by atoms with van der Waals surface area (Å²) >= 11 is 0. The van der Waals surface area contributed by atoms with Crippen LogP contribution in [0.15, 0.2) is 55.1 Å². The van der Waals surface area contributed by atoms with Gasteiger partial charge in [-0.3, -0.25) is 4.90 Å². The number of nitrogens with zero attached hydrogens (tertiary/aromatic N) is 4. The average Bonchev–Trinajstić information content (AvgIpc) is 3.76. The highest BCUT2D eigenvalue weighted by atomic mass is 16.6. The van der Waals surface area contributed by atoms with Crippen LogP contribution in [0, 0.1) is 0 Å². The van der Waals surface area contributed by atoms with E-state index in [2.05, 4.69) is 24.8 Å². The average molecular weight is 555 g/mol. The molecule has 0 bridgehead atoms. The molecule has 2 aliphatic heterocycles. The maximum absolute atomic E-state index is 13.4. The van der Waals surface area contributed by atoms with Gasteiger partial charge in [-0.25, -0.2) is 14.3 Å². The van der Waals surface area contributed by atoms with Gasteiger partial charge in [0.2, 0.25) is 0 Å². The van der Waals surface area contributed by atoms with Gasteiger partial charge < -0.3 is 14.4 Å². The van der Waals surface area contributed by atoms with Crippen molar-refractivity contribution >= 4 is 18.3 Å². The summed E-state index contributed by atoms with van der Waals surface area (Å²) in [6.45, 7) is 11.1. The molecule has 3 aliphatic rings. The number of ether oxygens (including phenoxy) is 2. The lowest BCUT2D eigenvalue weighted by Crippen LogP contribution is -2.47. The molecule has 8 heteroatoms. The van der Waals surface area contributed by atoms with Crippen LogP contribution < -0.4 is 0 Å². The molecular weight excluding hydrogens is 516 g/mol. The number of carbonyl (C=O) groups excluding carboxylic acids is 2. The van der Waals surface area contributed by atoms with Crippen molar-refractivity contribution in [3.8, 4) is 5.69 Å². The van der Waals surface area contributed by atoms with Gasteiger partial charge in [-0.05, 0) is 68.4 Å². The molecule has 0 spiro atoms. The molecular formula is C33H38N4O4. The molecule has 214 valence electrons. The van der Waals surface area contributed by atoms with Crippen LogP contribution in [0.25, 0.3) is 11.8 Å². The number of hydrogen-bond donors (Lipinski definition) is 0. The second kappa shape index (κ2) is 10.7. The van der Waals surface area contributed by atoms with Crippen LogP contribution in [-0.2, 0) is 28.9 Å². The molecule has 41 heavy (non-hydrogen) atoms. The van der Waals surface area contributed by atoms with Crippen molar-refractivity contribution in [2.45, 2.75) is 70.6 Å². The van der Waals surface area contributed by atoms with Crippen LogP contribution in [0.4, 0.5) is 9.59 Å². The fourth-order valence-electron chi connectivity index (χ4n) is 5.91. The molecule has 1 aromatic heterocycles. The number of carbonyl (C=O) groups is 2. The summed E-state index contributed by atoms with van der Waals surface area (Å²) in [4.78, 5) is 30.2. The molecule has 1 fully saturated rings. The monoisotopic (exact) mass is 554 g/mol. The standard InChI is InChI=1S/C33H38N4O4/c1-5-23-19-25(24-11-12-24)13-14-27(23)37-28-16-18-36(32(39)41-33(2,3)4)29-20-35(17-15-26(34-37)30(28)29)31(38)40-21-22-9-7-6-8-10-22/h5-10,13-14,19,24,29H,1,11-12,15-18,20-21H2,2-4H3/t29-/m0/s1. The lowest BCUT2D eigenvalue weighted by molar-refractivity contribution is 0.00940. The van der Waals surface area contributed by atoms with Crippen molar-refractivity contribution in [3.63, 3.8) is 0 Å². The second-order valence-electron chi connectivity index (χ2n) is 12.2. The highest BCUT2D eigenvalue weighted by molar-refractivity contribution is 5.71. The number of hydrogen-bond acceptors (Lipinski definition) is 5. The van der Waals surface area contributed by atoms with Crippen LogP contribution >= 0.6 is 0 Å². The highest BCUT2D eigenvalue weighted by Gasteiger charge is 2.42. The fourth-order valence-corrected chi connectivity index (χ4v) is 5.91. The normalized spacial score (nSPS) is 18.4. The predicted octanol–water partition coefficient (Wildman–Crippen LogP) is 6.42. The first-order valence-electron chi connectivity index (χ1n) is 14.5. The van der Waals surface area contributed by atoms with Crippen molar-refractivity contribution in [1.29, 1.82) is 0 Å². The first kappa shape index (κ1) is 27.1. The molecule has 3 aromatic rings. The van der Waals surface area contributed by atoms with Crippen molar-refractivity contribution in [2.24, 2.45) is 0 Å². The molecule has 1 saturated carbocycles. The zero-order valence-electron chi connectivity index (χ0n) is 24.1. The van der Waals surface area contributed by atoms with Gasteiger partial charge in [0.1, 0.15) is 12.2 Å². The van der Waals surface area contributed by atoms with Crippen LogP contribution in [0.5, 0.6) is 0 Å². The highest BCUT2D eigenvalue weighted by Crippen LogP contribution is 2.42. The summed E-state index contributed by atoms with van der Waals surface area (Å²) in [5.74, 6) is 0.648.